The summed E-state index contributed by atoms with van der Waals surface area (Å²) in [7, 11) is 0. The Morgan fingerprint density at radius 1 is 0.966 bits per heavy atom. The van der Waals surface area contributed by atoms with Crippen molar-refractivity contribution >= 4 is 23.2 Å². The molecule has 0 aliphatic carbocycles. The molecule has 5 nitrogen and oxygen atoms in total. The second kappa shape index (κ2) is 10.1. The first-order valence-electron chi connectivity index (χ1n) is 9.35. The lowest BCUT2D eigenvalue weighted by molar-refractivity contribution is -0.883. The van der Waals surface area contributed by atoms with Gasteiger partial charge in [0.2, 0.25) is 0 Å². The fourth-order valence-electron chi connectivity index (χ4n) is 2.93. The second-order valence-electron chi connectivity index (χ2n) is 6.84. The van der Waals surface area contributed by atoms with Crippen molar-refractivity contribution in [1.29, 1.82) is 0 Å². The number of quaternary nitrogens is 1. The van der Waals surface area contributed by atoms with Gasteiger partial charge < -0.3 is 15.5 Å². The van der Waals surface area contributed by atoms with E-state index >= 15 is 0 Å². The number of nitrogens with one attached hydrogen (secondary N) is 3. The third-order valence-corrected chi connectivity index (χ3v) is 4.32. The third kappa shape index (κ3) is 7.23. The maximum atomic E-state index is 12.8. The van der Waals surface area contributed by atoms with Crippen molar-refractivity contribution in [3.63, 3.8) is 0 Å². The molecule has 1 atom stereocenters. The number of hydrogen-bond donors (Lipinski definition) is 3. The quantitative estimate of drug-likeness (QED) is 0.629. The van der Waals surface area contributed by atoms with Crippen LogP contribution in [-0.4, -0.2) is 31.4 Å². The number of para-hydroxylation sites is 1. The van der Waals surface area contributed by atoms with Crippen LogP contribution in [0, 0.1) is 6.92 Å². The highest BCUT2D eigenvalue weighted by molar-refractivity contribution is 5.93. The van der Waals surface area contributed by atoms with Gasteiger partial charge in [-0.15, -0.1) is 0 Å². The van der Waals surface area contributed by atoms with Crippen molar-refractivity contribution < 1.29 is 27.7 Å². The van der Waals surface area contributed by atoms with Gasteiger partial charge in [-0.3, -0.25) is 9.59 Å². The monoisotopic (exact) mass is 408 g/mol. The Bertz CT molecular complexity index is 853. The third-order valence-electron chi connectivity index (χ3n) is 4.32. The minimum atomic E-state index is -4.48. The van der Waals surface area contributed by atoms with Crippen LogP contribution in [-0.2, 0) is 15.8 Å². The van der Waals surface area contributed by atoms with E-state index in [0.717, 1.165) is 29.0 Å². The molecule has 0 aliphatic rings. The normalized spacial score (nSPS) is 12.3. The van der Waals surface area contributed by atoms with E-state index in [1.54, 1.807) is 6.07 Å². The number of hydrogen-bond acceptors (Lipinski definition) is 2. The standard InChI is InChI=1S/C21H24F3N3O2/c1-3-11-27(14-20(29)26-18-10-5-4-7-15(18)2)13-19(28)25-17-9-6-8-16(12-17)21(22,23)24/h4-10,12H,3,11,13-14H2,1-2H3,(H,25,28)(H,26,29)/p+1. The number of halogens is 3. The number of amides is 2. The summed E-state index contributed by atoms with van der Waals surface area (Å²) < 4.78 is 38.4. The zero-order valence-corrected chi connectivity index (χ0v) is 16.4. The number of anilines is 2. The zero-order valence-electron chi connectivity index (χ0n) is 16.4. The van der Waals surface area contributed by atoms with Gasteiger partial charge >= 0.3 is 6.18 Å². The lowest BCUT2D eigenvalue weighted by Crippen LogP contribution is -3.14. The fourth-order valence-corrected chi connectivity index (χ4v) is 2.93. The van der Waals surface area contributed by atoms with Crippen molar-refractivity contribution in [1.82, 2.24) is 0 Å². The van der Waals surface area contributed by atoms with E-state index in [9.17, 15) is 22.8 Å². The smallest absolute Gasteiger partial charge is 0.321 e. The molecule has 0 aromatic heterocycles. The van der Waals surface area contributed by atoms with Crippen molar-refractivity contribution in [2.45, 2.75) is 26.4 Å². The Labute approximate surface area is 167 Å². The van der Waals surface area contributed by atoms with E-state index < -0.39 is 17.6 Å². The molecule has 0 saturated carbocycles. The Kier molecular flexibility index (Phi) is 7.78. The Balaban J connectivity index is 1.96. The summed E-state index contributed by atoms with van der Waals surface area (Å²) in [6.07, 6.45) is -3.72. The molecule has 1 unspecified atom stereocenters. The predicted octanol–water partition coefficient (Wildman–Crippen LogP) is 2.89. The number of rotatable bonds is 8. The van der Waals surface area contributed by atoms with Gasteiger partial charge in [-0.2, -0.15) is 13.2 Å². The van der Waals surface area contributed by atoms with Gasteiger partial charge in [-0.25, -0.2) is 0 Å². The van der Waals surface area contributed by atoms with Crippen LogP contribution in [0.15, 0.2) is 48.5 Å². The average Bonchev–Trinajstić information content (AvgIpc) is 2.63. The Morgan fingerprint density at radius 3 is 2.24 bits per heavy atom. The number of carbonyl (C=O) groups excluding carboxylic acids is 2. The van der Waals surface area contributed by atoms with Crippen LogP contribution in [0.25, 0.3) is 0 Å². The maximum Gasteiger partial charge on any atom is 0.416 e. The minimum absolute atomic E-state index is 0.0225. The highest BCUT2D eigenvalue weighted by Gasteiger charge is 2.30. The van der Waals surface area contributed by atoms with Gasteiger partial charge in [-0.05, 0) is 43.2 Å². The zero-order chi connectivity index (χ0) is 21.4. The Morgan fingerprint density at radius 2 is 1.62 bits per heavy atom. The molecule has 0 spiro atoms. The highest BCUT2D eigenvalue weighted by atomic mass is 19.4. The molecule has 3 N–H and O–H groups in total. The summed E-state index contributed by atoms with van der Waals surface area (Å²) in [5, 5.41) is 5.31. The highest BCUT2D eigenvalue weighted by Crippen LogP contribution is 2.30. The summed E-state index contributed by atoms with van der Waals surface area (Å²) in [6, 6.07) is 11.9. The molecule has 156 valence electrons. The molecule has 8 heteroatoms. The van der Waals surface area contributed by atoms with E-state index in [0.29, 0.717) is 12.2 Å². The van der Waals surface area contributed by atoms with Crippen LogP contribution in [0.3, 0.4) is 0 Å². The van der Waals surface area contributed by atoms with E-state index in [2.05, 4.69) is 10.6 Å². The molecule has 2 rings (SSSR count). The van der Waals surface area contributed by atoms with Crippen LogP contribution < -0.4 is 15.5 Å². The number of alkyl halides is 3. The van der Waals surface area contributed by atoms with E-state index in [1.807, 2.05) is 32.0 Å². The van der Waals surface area contributed by atoms with Crippen LogP contribution in [0.4, 0.5) is 24.5 Å². The minimum Gasteiger partial charge on any atom is -0.321 e. The molecule has 0 aliphatic heterocycles. The number of carbonyl (C=O) groups is 2. The van der Waals surface area contributed by atoms with Gasteiger partial charge in [0.1, 0.15) is 0 Å². The van der Waals surface area contributed by atoms with E-state index in [4.69, 9.17) is 0 Å². The number of aryl methyl sites for hydroxylation is 1. The summed E-state index contributed by atoms with van der Waals surface area (Å²) in [6.45, 7) is 4.46. The summed E-state index contributed by atoms with van der Waals surface area (Å²) >= 11 is 0. The summed E-state index contributed by atoms with van der Waals surface area (Å²) in [4.78, 5) is 25.4. The van der Waals surface area contributed by atoms with Crippen molar-refractivity contribution in [3.8, 4) is 0 Å². The molecule has 2 aromatic carbocycles. The molecule has 29 heavy (non-hydrogen) atoms. The summed E-state index contributed by atoms with van der Waals surface area (Å²) in [5.74, 6) is -0.675. The molecule has 0 radical (unpaired) electrons. The molecule has 2 aromatic rings. The van der Waals surface area contributed by atoms with E-state index in [1.165, 1.54) is 12.1 Å². The van der Waals surface area contributed by atoms with Gasteiger partial charge in [0.15, 0.2) is 13.1 Å². The van der Waals surface area contributed by atoms with Crippen LogP contribution in [0.1, 0.15) is 24.5 Å². The van der Waals surface area contributed by atoms with Gasteiger partial charge in [0.25, 0.3) is 11.8 Å². The van der Waals surface area contributed by atoms with Crippen LogP contribution >= 0.6 is 0 Å². The first-order chi connectivity index (χ1) is 13.7. The molecule has 0 fully saturated rings. The van der Waals surface area contributed by atoms with E-state index in [-0.39, 0.29) is 24.7 Å². The first kappa shape index (κ1) is 22.4. The van der Waals surface area contributed by atoms with Crippen LogP contribution in [0.2, 0.25) is 0 Å². The van der Waals surface area contributed by atoms with Gasteiger partial charge in [0, 0.05) is 11.4 Å². The fraction of sp³-hybridized carbons (Fsp3) is 0.333. The van der Waals surface area contributed by atoms with Crippen LogP contribution in [0.5, 0.6) is 0 Å². The van der Waals surface area contributed by atoms with Crippen molar-refractivity contribution in [3.05, 3.63) is 59.7 Å². The average molecular weight is 408 g/mol. The molecule has 0 heterocycles. The first-order valence-corrected chi connectivity index (χ1v) is 9.35. The maximum absolute atomic E-state index is 12.8. The lowest BCUT2D eigenvalue weighted by Gasteiger charge is -2.18. The molecular formula is C21H25F3N3O2+. The van der Waals surface area contributed by atoms with Crippen molar-refractivity contribution in [2.75, 3.05) is 30.3 Å². The molecule has 2 amide bonds. The Hall–Kier alpha value is -2.87. The SMILES string of the molecule is CCC[NH+](CC(=O)Nc1cccc(C(F)(F)F)c1)CC(=O)Nc1ccccc1C. The largest absolute Gasteiger partial charge is 0.416 e. The topological polar surface area (TPSA) is 62.6 Å². The lowest BCUT2D eigenvalue weighted by atomic mass is 10.2. The summed E-state index contributed by atoms with van der Waals surface area (Å²) in [5.41, 5.74) is 0.887. The van der Waals surface area contributed by atoms with Gasteiger partial charge in [-0.1, -0.05) is 31.2 Å². The van der Waals surface area contributed by atoms with Crippen molar-refractivity contribution in [2.24, 2.45) is 0 Å². The molecule has 0 saturated heterocycles. The molecular weight excluding hydrogens is 383 g/mol. The predicted molar refractivity (Wildman–Crippen MR) is 106 cm³/mol. The van der Waals surface area contributed by atoms with Gasteiger partial charge in [0.05, 0.1) is 12.1 Å². The number of benzene rings is 2. The second-order valence-corrected chi connectivity index (χ2v) is 6.84. The molecule has 0 bridgehead atoms.